The first kappa shape index (κ1) is 30.5. The Morgan fingerprint density at radius 2 is 1.05 bits per heavy atom. The van der Waals surface area contributed by atoms with Gasteiger partial charge in [0.15, 0.2) is 6.29 Å². The molecule has 1 aromatic heterocycles. The van der Waals surface area contributed by atoms with E-state index in [-0.39, 0.29) is 5.56 Å². The molecule has 0 unspecified atom stereocenters. The van der Waals surface area contributed by atoms with E-state index in [4.69, 9.17) is 35.2 Å². The Balaban J connectivity index is 0.000000682. The van der Waals surface area contributed by atoms with Crippen LogP contribution < -0.4 is 40.1 Å². The van der Waals surface area contributed by atoms with Gasteiger partial charge in [-0.25, -0.2) is 23.6 Å². The lowest BCUT2D eigenvalue weighted by molar-refractivity contribution is -2.00. The van der Waals surface area contributed by atoms with Crippen LogP contribution in [0, 0.1) is 10.2 Å². The summed E-state index contributed by atoms with van der Waals surface area (Å²) in [7, 11) is -7.28. The molecule has 0 saturated carbocycles. The van der Waals surface area contributed by atoms with Crippen LogP contribution >= 0.6 is 18.9 Å². The van der Waals surface area contributed by atoms with Crippen LogP contribution in [0.4, 0.5) is 0 Å². The van der Waals surface area contributed by atoms with Crippen LogP contribution in [0.1, 0.15) is 0 Å². The van der Waals surface area contributed by atoms with Crippen molar-refractivity contribution in [1.29, 1.82) is 0 Å². The van der Waals surface area contributed by atoms with Gasteiger partial charge in [-0.2, -0.15) is 0 Å². The summed E-state index contributed by atoms with van der Waals surface area (Å²) in [5.74, 6) is 0.637. The number of nitrogens with zero attached hydrogens (tertiary/aromatic N) is 2. The molecule has 0 N–H and O–H groups in total. The quantitative estimate of drug-likeness (QED) is 0.259. The second-order valence-electron chi connectivity index (χ2n) is 9.53. The van der Waals surface area contributed by atoms with E-state index < -0.39 is 17.5 Å². The fourth-order valence-electron chi connectivity index (χ4n) is 5.07. The number of hydrogen-bond acceptors (Lipinski definition) is 6. The highest BCUT2D eigenvalue weighted by atomic mass is 35.7. The highest BCUT2D eigenvalue weighted by molar-refractivity contribution is 7.94. The maximum Gasteiger partial charge on any atom is 0.264 e. The third-order valence-electron chi connectivity index (χ3n) is 6.91. The van der Waals surface area contributed by atoms with Crippen LogP contribution in [0.2, 0.25) is 5.02 Å². The summed E-state index contributed by atoms with van der Waals surface area (Å²) in [4.78, 5) is 19.3. The summed E-state index contributed by atoms with van der Waals surface area (Å²) in [6, 6.07) is 46.9. The van der Waals surface area contributed by atoms with Crippen molar-refractivity contribution in [2.75, 3.05) is 0 Å². The van der Waals surface area contributed by atoms with Crippen LogP contribution in [0.3, 0.4) is 0 Å². The van der Waals surface area contributed by atoms with Crippen molar-refractivity contribution in [1.82, 2.24) is 9.55 Å². The van der Waals surface area contributed by atoms with Crippen molar-refractivity contribution in [2.24, 2.45) is 0 Å². The van der Waals surface area contributed by atoms with Crippen molar-refractivity contribution in [2.45, 2.75) is 6.29 Å². The van der Waals surface area contributed by atoms with Gasteiger partial charge in [0.05, 0.1) is 10.9 Å². The molecular formula is C33H25Cl2N2O5P. The summed E-state index contributed by atoms with van der Waals surface area (Å²) >= 11 is 6.23. The van der Waals surface area contributed by atoms with Gasteiger partial charge in [-0.05, 0) is 72.8 Å². The lowest BCUT2D eigenvalue weighted by Crippen LogP contribution is -2.68. The summed E-state index contributed by atoms with van der Waals surface area (Å²) in [6.07, 6.45) is 0.472. The maximum absolute atomic E-state index is 14.3. The van der Waals surface area contributed by atoms with Crippen molar-refractivity contribution in [3.05, 3.63) is 155 Å². The molecule has 43 heavy (non-hydrogen) atoms. The normalized spacial score (nSPS) is 11.6. The number of fused-ring (bicyclic) bond motifs is 1. The second-order valence-corrected chi connectivity index (χ2v) is 14.2. The monoisotopic (exact) mass is 630 g/mol. The van der Waals surface area contributed by atoms with Crippen LogP contribution in [0.15, 0.2) is 144 Å². The van der Waals surface area contributed by atoms with Gasteiger partial charge in [-0.3, -0.25) is 9.36 Å². The molecule has 0 bridgehead atoms. The van der Waals surface area contributed by atoms with E-state index in [0.717, 1.165) is 5.56 Å². The van der Waals surface area contributed by atoms with Crippen LogP contribution in [-0.2, 0) is 6.29 Å². The Morgan fingerprint density at radius 3 is 1.51 bits per heavy atom. The molecule has 6 aromatic rings. The van der Waals surface area contributed by atoms with Crippen molar-refractivity contribution >= 4 is 45.7 Å². The molecule has 0 radical (unpaired) electrons. The fourth-order valence-corrected chi connectivity index (χ4v) is 9.31. The predicted octanol–water partition coefficient (Wildman–Crippen LogP) is 1.91. The zero-order valence-electron chi connectivity index (χ0n) is 22.6. The van der Waals surface area contributed by atoms with Gasteiger partial charge < -0.3 is 0 Å². The summed E-state index contributed by atoms with van der Waals surface area (Å²) < 4.78 is 35.9. The molecular weight excluding hydrogens is 606 g/mol. The lowest BCUT2D eigenvalue weighted by Gasteiger charge is -2.29. The second kappa shape index (κ2) is 13.2. The molecule has 0 spiro atoms. The summed E-state index contributed by atoms with van der Waals surface area (Å²) in [5.41, 5.74) is 1.49. The average Bonchev–Trinajstić information content (AvgIpc) is 3.02. The molecule has 5 aromatic carbocycles. The van der Waals surface area contributed by atoms with Crippen molar-refractivity contribution in [3.63, 3.8) is 0 Å². The Labute approximate surface area is 256 Å². The zero-order valence-corrected chi connectivity index (χ0v) is 25.0. The highest BCUT2D eigenvalue weighted by Gasteiger charge is 2.46. The van der Waals surface area contributed by atoms with Crippen LogP contribution in [0.5, 0.6) is 0 Å². The first-order valence-electron chi connectivity index (χ1n) is 13.1. The Hall–Kier alpha value is -3.91. The number of aromatic nitrogens is 2. The van der Waals surface area contributed by atoms with Gasteiger partial charge in [0, 0.05) is 10.6 Å². The van der Waals surface area contributed by atoms with E-state index in [1.54, 1.807) is 0 Å². The van der Waals surface area contributed by atoms with E-state index in [0.29, 0.717) is 28.0 Å². The van der Waals surface area contributed by atoms with Crippen molar-refractivity contribution < 1.29 is 28.9 Å². The van der Waals surface area contributed by atoms with Crippen LogP contribution in [-0.4, -0.2) is 9.55 Å². The maximum atomic E-state index is 14.3. The summed E-state index contributed by atoms with van der Waals surface area (Å²) in [5, 5.41) is 4.87. The molecule has 0 saturated heterocycles. The van der Waals surface area contributed by atoms with Crippen molar-refractivity contribution in [3.8, 4) is 11.4 Å². The Morgan fingerprint density at radius 1 is 0.628 bits per heavy atom. The van der Waals surface area contributed by atoms with Gasteiger partial charge in [-0.15, -0.1) is 10.2 Å². The first-order chi connectivity index (χ1) is 20.7. The van der Waals surface area contributed by atoms with Gasteiger partial charge in [-0.1, -0.05) is 78.3 Å². The molecule has 0 aliphatic carbocycles. The fraction of sp³-hybridized carbons (Fsp3) is 0.0303. The predicted molar refractivity (Wildman–Crippen MR) is 162 cm³/mol. The zero-order chi connectivity index (χ0) is 30.5. The van der Waals surface area contributed by atoms with Crippen LogP contribution in [0.25, 0.3) is 22.3 Å². The molecule has 0 atom stereocenters. The molecule has 0 fully saturated rings. The topological polar surface area (TPSA) is 127 Å². The highest BCUT2D eigenvalue weighted by Crippen LogP contribution is 2.57. The summed E-state index contributed by atoms with van der Waals surface area (Å²) in [6.45, 7) is 0. The minimum absolute atomic E-state index is 0.0484. The Kier molecular flexibility index (Phi) is 9.35. The van der Waals surface area contributed by atoms with Gasteiger partial charge in [0.25, 0.3) is 5.56 Å². The third kappa shape index (κ3) is 7.02. The van der Waals surface area contributed by atoms with E-state index in [1.165, 1.54) is 15.9 Å². The lowest BCUT2D eigenvalue weighted by atomic mass is 10.2. The van der Waals surface area contributed by atoms with Gasteiger partial charge >= 0.3 is 0 Å². The smallest absolute Gasteiger partial charge is 0.264 e. The molecule has 1 heterocycles. The van der Waals surface area contributed by atoms with E-state index in [2.05, 4.69) is 72.8 Å². The number of halogens is 2. The van der Waals surface area contributed by atoms with E-state index >= 15 is 0 Å². The van der Waals surface area contributed by atoms with Gasteiger partial charge in [0.1, 0.15) is 29.0 Å². The molecule has 0 amide bonds. The van der Waals surface area contributed by atoms with E-state index in [9.17, 15) is 4.79 Å². The molecule has 7 nitrogen and oxygen atoms in total. The number of para-hydroxylation sites is 1. The largest absolute Gasteiger partial charge is 0.268 e. The van der Waals surface area contributed by atoms with E-state index in [1.807, 2.05) is 71.3 Å². The SMILES string of the molecule is O=c1c2ccccc2nc(-c2ccc(Cl)cc2)n1C[P+](c1ccccc1)(c1ccccc1)c1ccccc1.[O-][Cl+3]([O-])([O-])[O-]. The molecule has 10 heteroatoms. The third-order valence-corrected chi connectivity index (χ3v) is 11.4. The molecule has 216 valence electrons. The molecule has 0 aliphatic heterocycles. The first-order valence-corrected chi connectivity index (χ1v) is 16.7. The number of hydrogen-bond donors (Lipinski definition) is 0. The average molecular weight is 631 g/mol. The number of rotatable bonds is 6. The standard InChI is InChI=1S/C33H25ClN2OP.ClHO4/c34-26-22-20-25(21-23-26)32-35-31-19-11-10-18-30(31)33(37)36(32)24-38(27-12-4-1-5-13-27,28-14-6-2-7-15-28)29-16-8-3-9-17-29;2-1(3,4)5/h1-23H,24H2;(H,2,3,4,5)/q+1;/p-1. The molecule has 6 rings (SSSR count). The molecule has 0 aliphatic rings. The minimum Gasteiger partial charge on any atom is -0.268 e. The van der Waals surface area contributed by atoms with Gasteiger partial charge in [0.2, 0.25) is 0 Å². The Bertz CT molecular complexity index is 1760. The number of benzene rings is 5. The minimum atomic E-state index is -4.94.